The maximum atomic E-state index is 11.5. The molecule has 25 heavy (non-hydrogen) atoms. The zero-order valence-corrected chi connectivity index (χ0v) is 14.7. The highest BCUT2D eigenvalue weighted by atomic mass is 32.2. The summed E-state index contributed by atoms with van der Waals surface area (Å²) in [6.45, 7) is 2.50. The van der Waals surface area contributed by atoms with Gasteiger partial charge in [-0.1, -0.05) is 36.4 Å². The van der Waals surface area contributed by atoms with Gasteiger partial charge in [-0.25, -0.2) is 8.42 Å². The average molecular weight is 359 g/mol. The van der Waals surface area contributed by atoms with Crippen LogP contribution in [0.5, 0.6) is 11.5 Å². The van der Waals surface area contributed by atoms with Crippen molar-refractivity contribution in [3.8, 4) is 11.5 Å². The molecule has 2 aromatic rings. The molecule has 132 valence electrons. The maximum absolute atomic E-state index is 11.5. The Hall–Kier alpha value is -2.05. The maximum Gasteiger partial charge on any atom is 0.162 e. The number of fused-ring (bicyclic) bond motifs is 1. The number of para-hydroxylation sites is 2. The minimum atomic E-state index is -2.83. The molecular weight excluding hydrogens is 338 g/mol. The molecule has 1 saturated heterocycles. The van der Waals surface area contributed by atoms with Gasteiger partial charge in [-0.2, -0.15) is 0 Å². The molecule has 2 aromatic carbocycles. The lowest BCUT2D eigenvalue weighted by Crippen LogP contribution is -2.39. The highest BCUT2D eigenvalue weighted by Crippen LogP contribution is 2.35. The van der Waals surface area contributed by atoms with E-state index in [1.807, 2.05) is 24.3 Å². The second-order valence-electron chi connectivity index (χ2n) is 6.53. The second kappa shape index (κ2) is 6.69. The summed E-state index contributed by atoms with van der Waals surface area (Å²) in [5.41, 5.74) is 2.26. The third kappa shape index (κ3) is 3.80. The summed E-state index contributed by atoms with van der Waals surface area (Å²) in [7, 11) is -2.83. The van der Waals surface area contributed by atoms with E-state index >= 15 is 0 Å². The van der Waals surface area contributed by atoms with E-state index in [0.717, 1.165) is 23.6 Å². The van der Waals surface area contributed by atoms with Crippen LogP contribution in [-0.2, 0) is 16.4 Å². The van der Waals surface area contributed by atoms with Crippen molar-refractivity contribution >= 4 is 9.84 Å². The first-order chi connectivity index (χ1) is 12.1. The van der Waals surface area contributed by atoms with Crippen molar-refractivity contribution in [1.29, 1.82) is 0 Å². The van der Waals surface area contributed by atoms with Crippen molar-refractivity contribution in [2.45, 2.75) is 12.6 Å². The topological polar surface area (TPSA) is 55.8 Å². The molecule has 0 radical (unpaired) electrons. The fraction of sp³-hybridized carbons (Fsp3) is 0.368. The zero-order chi connectivity index (χ0) is 17.3. The largest absolute Gasteiger partial charge is 0.485 e. The monoisotopic (exact) mass is 359 g/mol. The standard InChI is InChI=1S/C19H21NO4S/c21-25(22)11-9-20(10-12-25)13-15-5-7-16(8-6-15)19-14-23-17-3-1-2-4-18(17)24-19/h1-8,19H,9-14H2. The number of benzene rings is 2. The Morgan fingerprint density at radius 3 is 2.36 bits per heavy atom. The van der Waals surface area contributed by atoms with Crippen molar-refractivity contribution in [2.24, 2.45) is 0 Å². The molecule has 5 nitrogen and oxygen atoms in total. The summed E-state index contributed by atoms with van der Waals surface area (Å²) in [5.74, 6) is 2.09. The lowest BCUT2D eigenvalue weighted by Gasteiger charge is -2.28. The predicted octanol–water partition coefficient (Wildman–Crippen LogP) is 2.43. The molecule has 0 amide bonds. The van der Waals surface area contributed by atoms with E-state index in [9.17, 15) is 8.42 Å². The molecule has 1 fully saturated rings. The van der Waals surface area contributed by atoms with E-state index in [1.54, 1.807) is 0 Å². The number of ether oxygens (including phenoxy) is 2. The van der Waals surface area contributed by atoms with Gasteiger partial charge in [0.15, 0.2) is 27.4 Å². The van der Waals surface area contributed by atoms with Crippen molar-refractivity contribution < 1.29 is 17.9 Å². The SMILES string of the molecule is O=S1(=O)CCN(Cc2ccc(C3COc4ccccc4O3)cc2)CC1. The number of rotatable bonds is 3. The molecule has 2 aliphatic heterocycles. The van der Waals surface area contributed by atoms with Crippen LogP contribution in [0.15, 0.2) is 48.5 Å². The lowest BCUT2D eigenvalue weighted by molar-refractivity contribution is 0.0913. The summed E-state index contributed by atoms with van der Waals surface area (Å²) in [5, 5.41) is 0. The minimum absolute atomic E-state index is 0.107. The van der Waals surface area contributed by atoms with Crippen LogP contribution in [0.2, 0.25) is 0 Å². The normalized spacial score (nSPS) is 22.5. The number of nitrogens with zero attached hydrogens (tertiary/aromatic N) is 1. The van der Waals surface area contributed by atoms with Gasteiger partial charge >= 0.3 is 0 Å². The lowest BCUT2D eigenvalue weighted by atomic mass is 10.1. The summed E-state index contributed by atoms with van der Waals surface area (Å²) >= 11 is 0. The molecule has 2 heterocycles. The van der Waals surface area contributed by atoms with E-state index < -0.39 is 9.84 Å². The third-order valence-electron chi connectivity index (χ3n) is 4.70. The van der Waals surface area contributed by atoms with Crippen molar-refractivity contribution in [1.82, 2.24) is 4.90 Å². The average Bonchev–Trinajstić information content (AvgIpc) is 2.64. The smallest absolute Gasteiger partial charge is 0.162 e. The molecule has 6 heteroatoms. The summed E-state index contributed by atoms with van der Waals surface area (Å²) in [6.07, 6.45) is -0.107. The first kappa shape index (κ1) is 16.4. The first-order valence-electron chi connectivity index (χ1n) is 8.49. The van der Waals surface area contributed by atoms with Gasteiger partial charge < -0.3 is 9.47 Å². The fourth-order valence-electron chi connectivity index (χ4n) is 3.19. The predicted molar refractivity (Wildman–Crippen MR) is 95.7 cm³/mol. The molecule has 1 atom stereocenters. The van der Waals surface area contributed by atoms with Gasteiger partial charge in [0, 0.05) is 19.6 Å². The van der Waals surface area contributed by atoms with Crippen LogP contribution in [0.4, 0.5) is 0 Å². The van der Waals surface area contributed by atoms with Gasteiger partial charge in [0.2, 0.25) is 0 Å². The van der Waals surface area contributed by atoms with E-state index in [2.05, 4.69) is 29.2 Å². The van der Waals surface area contributed by atoms with E-state index in [4.69, 9.17) is 9.47 Å². The summed E-state index contributed by atoms with van der Waals surface area (Å²) in [6, 6.07) is 16.0. The van der Waals surface area contributed by atoms with Crippen LogP contribution in [0.1, 0.15) is 17.2 Å². The zero-order valence-electron chi connectivity index (χ0n) is 13.9. The Kier molecular flexibility index (Phi) is 4.39. The quantitative estimate of drug-likeness (QED) is 0.842. The molecular formula is C19H21NO4S. The highest BCUT2D eigenvalue weighted by Gasteiger charge is 2.23. The molecule has 0 bridgehead atoms. The van der Waals surface area contributed by atoms with Gasteiger partial charge in [-0.15, -0.1) is 0 Å². The molecule has 1 unspecified atom stereocenters. The molecule has 0 aliphatic carbocycles. The second-order valence-corrected chi connectivity index (χ2v) is 8.84. The molecule has 0 N–H and O–H groups in total. The van der Waals surface area contributed by atoms with Crippen LogP contribution in [-0.4, -0.2) is 44.5 Å². The Bertz CT molecular complexity index is 834. The first-order valence-corrected chi connectivity index (χ1v) is 10.3. The molecule has 4 rings (SSSR count). The van der Waals surface area contributed by atoms with Crippen LogP contribution in [0.3, 0.4) is 0 Å². The van der Waals surface area contributed by atoms with Crippen LogP contribution in [0, 0.1) is 0 Å². The van der Waals surface area contributed by atoms with Gasteiger partial charge in [-0.3, -0.25) is 4.90 Å². The third-order valence-corrected chi connectivity index (χ3v) is 6.31. The van der Waals surface area contributed by atoms with Crippen molar-refractivity contribution in [2.75, 3.05) is 31.2 Å². The summed E-state index contributed by atoms with van der Waals surface area (Å²) < 4.78 is 34.8. The van der Waals surface area contributed by atoms with Gasteiger partial charge in [-0.05, 0) is 23.3 Å². The molecule has 0 aromatic heterocycles. The Labute approximate surface area is 148 Å². The Morgan fingerprint density at radius 2 is 1.64 bits per heavy atom. The molecule has 0 spiro atoms. The summed E-state index contributed by atoms with van der Waals surface area (Å²) in [4.78, 5) is 2.19. The Balaban J connectivity index is 1.39. The van der Waals surface area contributed by atoms with Crippen molar-refractivity contribution in [3.05, 3.63) is 59.7 Å². The van der Waals surface area contributed by atoms with Gasteiger partial charge in [0.25, 0.3) is 0 Å². The molecule has 2 aliphatic rings. The van der Waals surface area contributed by atoms with Crippen LogP contribution in [0.25, 0.3) is 0 Å². The van der Waals surface area contributed by atoms with E-state index in [-0.39, 0.29) is 17.6 Å². The Morgan fingerprint density at radius 1 is 0.960 bits per heavy atom. The van der Waals surface area contributed by atoms with Crippen molar-refractivity contribution in [3.63, 3.8) is 0 Å². The van der Waals surface area contributed by atoms with E-state index in [0.29, 0.717) is 19.7 Å². The molecule has 0 saturated carbocycles. The van der Waals surface area contributed by atoms with Gasteiger partial charge in [0.05, 0.1) is 11.5 Å². The number of hydrogen-bond donors (Lipinski definition) is 0. The van der Waals surface area contributed by atoms with Crippen LogP contribution >= 0.6 is 0 Å². The number of sulfone groups is 1. The van der Waals surface area contributed by atoms with Crippen LogP contribution < -0.4 is 9.47 Å². The van der Waals surface area contributed by atoms with E-state index in [1.165, 1.54) is 5.56 Å². The highest BCUT2D eigenvalue weighted by molar-refractivity contribution is 7.91. The fourth-order valence-corrected chi connectivity index (χ4v) is 4.46. The minimum Gasteiger partial charge on any atom is -0.485 e. The number of hydrogen-bond acceptors (Lipinski definition) is 5. The van der Waals surface area contributed by atoms with Gasteiger partial charge in [0.1, 0.15) is 6.61 Å².